The van der Waals surface area contributed by atoms with Crippen molar-refractivity contribution in [2.45, 2.75) is 12.3 Å². The summed E-state index contributed by atoms with van der Waals surface area (Å²) in [7, 11) is 0. The van der Waals surface area contributed by atoms with Crippen LogP contribution in [0.15, 0.2) is 0 Å². The maximum Gasteiger partial charge on any atom is 0.354 e. The van der Waals surface area contributed by atoms with Crippen LogP contribution in [0.25, 0.3) is 0 Å². The van der Waals surface area contributed by atoms with Gasteiger partial charge in [0.1, 0.15) is 0 Å². The highest BCUT2D eigenvalue weighted by atomic mass is 32.1. The molecule has 2 amide bonds. The molecule has 0 aliphatic rings. The molecule has 16 heavy (non-hydrogen) atoms. The number of carboxylic acid groups (broad SMARTS) is 1. The number of aliphatic hydroxyl groups is 1. The lowest BCUT2D eigenvalue weighted by Gasteiger charge is -2.25. The van der Waals surface area contributed by atoms with Crippen LogP contribution in [-0.2, 0) is 14.4 Å². The van der Waals surface area contributed by atoms with Crippen molar-refractivity contribution >= 4 is 30.4 Å². The van der Waals surface area contributed by atoms with Crippen molar-refractivity contribution in [1.29, 1.82) is 0 Å². The number of carbonyl (C=O) groups is 3. The number of aliphatic carboxylic acids is 1. The van der Waals surface area contributed by atoms with E-state index >= 15 is 0 Å². The molecule has 0 heterocycles. The number of aliphatic hydroxyl groups excluding tert-OH is 1. The van der Waals surface area contributed by atoms with Crippen molar-refractivity contribution in [3.05, 3.63) is 0 Å². The Hall–Kier alpha value is -1.16. The summed E-state index contributed by atoms with van der Waals surface area (Å²) in [5, 5.41) is 17.7. The van der Waals surface area contributed by atoms with E-state index < -0.39 is 36.6 Å². The summed E-state index contributed by atoms with van der Waals surface area (Å²) in [6.07, 6.45) is -2.30. The first-order valence-electron chi connectivity index (χ1n) is 4.20. The second-order valence-electron chi connectivity index (χ2n) is 2.81. The third-order valence-electron chi connectivity index (χ3n) is 1.66. The summed E-state index contributed by atoms with van der Waals surface area (Å²) in [6.45, 7) is -0.616. The predicted molar refractivity (Wildman–Crippen MR) is 56.4 cm³/mol. The Morgan fingerprint density at radius 1 is 1.38 bits per heavy atom. The predicted octanol–water partition coefficient (Wildman–Crippen LogP) is -3.04. The molecule has 0 aromatic carbocycles. The third-order valence-corrected chi connectivity index (χ3v) is 2.05. The lowest BCUT2D eigenvalue weighted by Crippen LogP contribution is -2.56. The molecule has 6 N–H and O–H groups in total. The number of carboxylic acids is 1. The van der Waals surface area contributed by atoms with Crippen LogP contribution >= 0.6 is 12.6 Å². The van der Waals surface area contributed by atoms with Gasteiger partial charge in [0.25, 0.3) is 0 Å². The number of rotatable bonds is 5. The summed E-state index contributed by atoms with van der Waals surface area (Å²) in [6, 6.07) is -1.19. The van der Waals surface area contributed by atoms with Crippen LogP contribution in [0.1, 0.15) is 0 Å². The molecule has 92 valence electrons. The molecule has 0 aliphatic carbocycles. The van der Waals surface area contributed by atoms with Gasteiger partial charge in [-0.3, -0.25) is 9.59 Å². The van der Waals surface area contributed by atoms with Crippen LogP contribution in [0.5, 0.6) is 0 Å². The average molecular weight is 251 g/mol. The molecule has 0 spiro atoms. The van der Waals surface area contributed by atoms with Gasteiger partial charge in [0.2, 0.25) is 18.0 Å². The number of hydrogen-bond donors (Lipinski definition) is 5. The first kappa shape index (κ1) is 14.8. The first-order chi connectivity index (χ1) is 7.36. The van der Waals surface area contributed by atoms with E-state index in [1.807, 2.05) is 0 Å². The minimum Gasteiger partial charge on any atom is -0.478 e. The van der Waals surface area contributed by atoms with E-state index in [1.165, 1.54) is 0 Å². The molecule has 0 bridgehead atoms. The van der Waals surface area contributed by atoms with Crippen LogP contribution in [0, 0.1) is 0 Å². The topological polar surface area (TPSA) is 147 Å². The molecule has 2 unspecified atom stereocenters. The molecule has 8 nitrogen and oxygen atoms in total. The Morgan fingerprint density at radius 3 is 2.19 bits per heavy atom. The van der Waals surface area contributed by atoms with Crippen molar-refractivity contribution in [3.8, 4) is 0 Å². The minimum absolute atomic E-state index is 0.0977. The van der Waals surface area contributed by atoms with Gasteiger partial charge in [-0.15, -0.1) is 0 Å². The van der Waals surface area contributed by atoms with Gasteiger partial charge in [-0.2, -0.15) is 12.6 Å². The molecule has 0 rings (SSSR count). The maximum absolute atomic E-state index is 11.5. The molecule has 0 aromatic rings. The Bertz CT molecular complexity index is 298. The molecule has 0 aliphatic heterocycles. The second kappa shape index (κ2) is 6.43. The maximum atomic E-state index is 11.5. The fourth-order valence-corrected chi connectivity index (χ4v) is 1.00. The van der Waals surface area contributed by atoms with Crippen LogP contribution in [0.4, 0.5) is 0 Å². The Kier molecular flexibility index (Phi) is 5.96. The molecule has 2 atom stereocenters. The van der Waals surface area contributed by atoms with E-state index in [2.05, 4.69) is 12.6 Å². The van der Waals surface area contributed by atoms with E-state index in [4.69, 9.17) is 21.7 Å². The largest absolute Gasteiger partial charge is 0.478 e. The van der Waals surface area contributed by atoms with Gasteiger partial charge < -0.3 is 21.7 Å². The van der Waals surface area contributed by atoms with Crippen LogP contribution in [0.3, 0.4) is 0 Å². The lowest BCUT2D eigenvalue weighted by atomic mass is 10.2. The Labute approximate surface area is 96.6 Å². The molecule has 0 saturated carbocycles. The second-order valence-corrected chi connectivity index (χ2v) is 3.17. The summed E-state index contributed by atoms with van der Waals surface area (Å²) >= 11 is 3.72. The molecule has 0 radical (unpaired) electrons. The van der Waals surface area contributed by atoms with E-state index in [0.717, 1.165) is 0 Å². The minimum atomic E-state index is -2.30. The Balaban J connectivity index is 5.02. The molecule has 0 aromatic heterocycles. The highest BCUT2D eigenvalue weighted by Gasteiger charge is 2.34. The number of thiol groups is 1. The number of carbonyl (C=O) groups excluding carboxylic acids is 2. The SMILES string of the molecule is NCC(=O)N(C(=O)C(N)CS)C(O)C(=O)O. The van der Waals surface area contributed by atoms with Crippen molar-refractivity contribution in [2.75, 3.05) is 12.3 Å². The van der Waals surface area contributed by atoms with Crippen LogP contribution in [0.2, 0.25) is 0 Å². The molecular formula is C7H13N3O5S. The monoisotopic (exact) mass is 251 g/mol. The van der Waals surface area contributed by atoms with Gasteiger partial charge in [0.05, 0.1) is 12.6 Å². The summed E-state index contributed by atoms with van der Waals surface area (Å²) in [5.74, 6) is -3.92. The fourth-order valence-electron chi connectivity index (χ4n) is 0.845. The van der Waals surface area contributed by atoms with Gasteiger partial charge in [-0.05, 0) is 0 Å². The third kappa shape index (κ3) is 3.45. The Morgan fingerprint density at radius 2 is 1.88 bits per heavy atom. The van der Waals surface area contributed by atoms with Crippen molar-refractivity contribution < 1.29 is 24.6 Å². The molecular weight excluding hydrogens is 238 g/mol. The summed E-state index contributed by atoms with van der Waals surface area (Å²) < 4.78 is 0. The van der Waals surface area contributed by atoms with Gasteiger partial charge >= 0.3 is 5.97 Å². The molecule has 0 fully saturated rings. The number of hydrogen-bond acceptors (Lipinski definition) is 7. The highest BCUT2D eigenvalue weighted by molar-refractivity contribution is 7.80. The van der Waals surface area contributed by atoms with Crippen molar-refractivity contribution in [2.24, 2.45) is 11.5 Å². The van der Waals surface area contributed by atoms with E-state index in [-0.39, 0.29) is 10.7 Å². The van der Waals surface area contributed by atoms with Gasteiger partial charge in [-0.1, -0.05) is 0 Å². The van der Waals surface area contributed by atoms with Crippen LogP contribution in [-0.4, -0.2) is 57.5 Å². The zero-order valence-corrected chi connectivity index (χ0v) is 9.13. The molecule has 0 saturated heterocycles. The zero-order valence-electron chi connectivity index (χ0n) is 8.24. The molecule has 9 heteroatoms. The number of imide groups is 1. The van der Waals surface area contributed by atoms with Crippen LogP contribution < -0.4 is 11.5 Å². The number of amides is 2. The highest BCUT2D eigenvalue weighted by Crippen LogP contribution is 2.02. The number of nitrogens with two attached hydrogens (primary N) is 2. The van der Waals surface area contributed by atoms with E-state index in [1.54, 1.807) is 0 Å². The fraction of sp³-hybridized carbons (Fsp3) is 0.571. The van der Waals surface area contributed by atoms with Crippen molar-refractivity contribution in [1.82, 2.24) is 4.90 Å². The smallest absolute Gasteiger partial charge is 0.354 e. The summed E-state index contributed by atoms with van der Waals surface area (Å²) in [4.78, 5) is 33.3. The lowest BCUT2D eigenvalue weighted by molar-refractivity contribution is -0.171. The average Bonchev–Trinajstić information content (AvgIpc) is 2.27. The summed E-state index contributed by atoms with van der Waals surface area (Å²) in [5.41, 5.74) is 10.3. The quantitative estimate of drug-likeness (QED) is 0.258. The van der Waals surface area contributed by atoms with E-state index in [0.29, 0.717) is 0 Å². The normalized spacial score (nSPS) is 14.0. The van der Waals surface area contributed by atoms with Crippen molar-refractivity contribution in [3.63, 3.8) is 0 Å². The van der Waals surface area contributed by atoms with Gasteiger partial charge in [0, 0.05) is 5.75 Å². The zero-order chi connectivity index (χ0) is 12.9. The number of nitrogens with zero attached hydrogens (tertiary/aromatic N) is 1. The van der Waals surface area contributed by atoms with Gasteiger partial charge in [0.15, 0.2) is 0 Å². The first-order valence-corrected chi connectivity index (χ1v) is 4.83. The van der Waals surface area contributed by atoms with Gasteiger partial charge in [-0.25, -0.2) is 9.69 Å². The standard InChI is InChI=1S/C7H13N3O5S/c8-1-4(11)10(6(13)7(14)15)5(12)3(9)2-16/h3,6,13,16H,1-2,8-9H2,(H,14,15). The van der Waals surface area contributed by atoms with E-state index in [9.17, 15) is 14.4 Å².